The lowest BCUT2D eigenvalue weighted by Gasteiger charge is -2.42. The molecule has 3 heteroatoms. The molecule has 0 unspecified atom stereocenters. The lowest BCUT2D eigenvalue weighted by Crippen LogP contribution is -2.53. The third-order valence-electron chi connectivity index (χ3n) is 4.72. The lowest BCUT2D eigenvalue weighted by atomic mass is 9.95. The minimum atomic E-state index is 0.755. The van der Waals surface area contributed by atoms with Crippen LogP contribution in [0.15, 0.2) is 0 Å². The van der Waals surface area contributed by atoms with Gasteiger partial charge in [-0.1, -0.05) is 6.92 Å². The van der Waals surface area contributed by atoms with Crippen LogP contribution in [0.4, 0.5) is 0 Å². The first-order valence-electron chi connectivity index (χ1n) is 7.84. The fourth-order valence-corrected chi connectivity index (χ4v) is 3.44. The lowest BCUT2D eigenvalue weighted by molar-refractivity contribution is 0.0593. The van der Waals surface area contributed by atoms with E-state index in [4.69, 9.17) is 0 Å². The quantitative estimate of drug-likeness (QED) is 0.756. The summed E-state index contributed by atoms with van der Waals surface area (Å²) >= 11 is 0. The number of hydrogen-bond donors (Lipinski definition) is 0. The van der Waals surface area contributed by atoms with Crippen molar-refractivity contribution in [2.75, 3.05) is 52.9 Å². The molecule has 0 saturated carbocycles. The Hall–Kier alpha value is -0.120. The highest BCUT2D eigenvalue weighted by Crippen LogP contribution is 2.20. The number of piperazine rings is 1. The van der Waals surface area contributed by atoms with Gasteiger partial charge < -0.3 is 9.80 Å². The van der Waals surface area contributed by atoms with Gasteiger partial charge in [0.15, 0.2) is 0 Å². The van der Waals surface area contributed by atoms with Crippen LogP contribution < -0.4 is 0 Å². The number of likely N-dealkylation sites (tertiary alicyclic amines) is 1. The Morgan fingerprint density at radius 3 is 2.39 bits per heavy atom. The summed E-state index contributed by atoms with van der Waals surface area (Å²) in [5.41, 5.74) is 0. The Labute approximate surface area is 113 Å². The molecule has 2 heterocycles. The Balaban J connectivity index is 1.73. The molecule has 0 aliphatic carbocycles. The van der Waals surface area contributed by atoms with Crippen LogP contribution in [0.5, 0.6) is 0 Å². The van der Waals surface area contributed by atoms with Gasteiger partial charge in [0.1, 0.15) is 0 Å². The number of nitrogens with zero attached hydrogens (tertiary/aromatic N) is 3. The van der Waals surface area contributed by atoms with E-state index in [9.17, 15) is 0 Å². The molecular formula is C15H31N3. The van der Waals surface area contributed by atoms with Crippen LogP contribution in [-0.2, 0) is 0 Å². The smallest absolute Gasteiger partial charge is 0.0195 e. The van der Waals surface area contributed by atoms with E-state index in [1.807, 2.05) is 0 Å². The van der Waals surface area contributed by atoms with Gasteiger partial charge in [-0.3, -0.25) is 4.90 Å². The molecule has 0 amide bonds. The first kappa shape index (κ1) is 14.3. The Kier molecular flexibility index (Phi) is 5.46. The van der Waals surface area contributed by atoms with Crippen LogP contribution >= 0.6 is 0 Å². The van der Waals surface area contributed by atoms with Gasteiger partial charge in [0.25, 0.3) is 0 Å². The average Bonchev–Trinajstić information content (AvgIpc) is 2.36. The summed E-state index contributed by atoms with van der Waals surface area (Å²) in [5.74, 6) is 0.946. The summed E-state index contributed by atoms with van der Waals surface area (Å²) in [7, 11) is 2.25. The molecule has 2 fully saturated rings. The van der Waals surface area contributed by atoms with E-state index < -0.39 is 0 Å². The fourth-order valence-electron chi connectivity index (χ4n) is 3.44. The van der Waals surface area contributed by atoms with Crippen molar-refractivity contribution in [2.24, 2.45) is 5.92 Å². The predicted molar refractivity (Wildman–Crippen MR) is 78.0 cm³/mol. The maximum atomic E-state index is 2.74. The van der Waals surface area contributed by atoms with Crippen molar-refractivity contribution in [1.82, 2.24) is 14.7 Å². The Morgan fingerprint density at radius 1 is 1.06 bits per heavy atom. The predicted octanol–water partition coefficient (Wildman–Crippen LogP) is 1.74. The van der Waals surface area contributed by atoms with Crippen molar-refractivity contribution in [2.45, 2.75) is 39.2 Å². The van der Waals surface area contributed by atoms with Crippen LogP contribution in [0.2, 0.25) is 0 Å². The van der Waals surface area contributed by atoms with Crippen molar-refractivity contribution < 1.29 is 0 Å². The van der Waals surface area contributed by atoms with Gasteiger partial charge in [-0.05, 0) is 58.8 Å². The van der Waals surface area contributed by atoms with Gasteiger partial charge in [0.05, 0.1) is 0 Å². The molecule has 0 aromatic heterocycles. The SMILES string of the molecule is CCCN1CCN(CC2CCN(C)CC2)[C@H](C)C1. The first-order chi connectivity index (χ1) is 8.69. The van der Waals surface area contributed by atoms with Crippen molar-refractivity contribution in [3.05, 3.63) is 0 Å². The molecule has 1 atom stereocenters. The monoisotopic (exact) mass is 253 g/mol. The van der Waals surface area contributed by atoms with Crippen molar-refractivity contribution in [3.63, 3.8) is 0 Å². The summed E-state index contributed by atoms with van der Waals surface area (Å²) in [6.07, 6.45) is 4.10. The molecule has 106 valence electrons. The normalized spacial score (nSPS) is 29.8. The Bertz CT molecular complexity index is 236. The molecule has 3 nitrogen and oxygen atoms in total. The number of hydrogen-bond acceptors (Lipinski definition) is 3. The van der Waals surface area contributed by atoms with Gasteiger partial charge in [0.2, 0.25) is 0 Å². The summed E-state index contributed by atoms with van der Waals surface area (Å²) in [6, 6.07) is 0.755. The second kappa shape index (κ2) is 6.88. The zero-order chi connectivity index (χ0) is 13.0. The zero-order valence-corrected chi connectivity index (χ0v) is 12.6. The molecule has 0 bridgehead atoms. The summed E-state index contributed by atoms with van der Waals surface area (Å²) in [6.45, 7) is 13.8. The van der Waals surface area contributed by atoms with E-state index in [1.165, 1.54) is 65.1 Å². The first-order valence-corrected chi connectivity index (χ1v) is 7.84. The van der Waals surface area contributed by atoms with Crippen LogP contribution in [0.1, 0.15) is 33.1 Å². The van der Waals surface area contributed by atoms with Crippen molar-refractivity contribution >= 4 is 0 Å². The fraction of sp³-hybridized carbons (Fsp3) is 1.00. The van der Waals surface area contributed by atoms with E-state index >= 15 is 0 Å². The second-order valence-corrected chi connectivity index (χ2v) is 6.39. The highest BCUT2D eigenvalue weighted by molar-refractivity contribution is 4.82. The minimum absolute atomic E-state index is 0.755. The molecule has 2 aliphatic rings. The van der Waals surface area contributed by atoms with E-state index in [2.05, 4.69) is 35.6 Å². The van der Waals surface area contributed by atoms with E-state index in [0.29, 0.717) is 0 Å². The summed E-state index contributed by atoms with van der Waals surface area (Å²) in [4.78, 5) is 7.84. The third kappa shape index (κ3) is 3.94. The van der Waals surface area contributed by atoms with Crippen molar-refractivity contribution in [3.8, 4) is 0 Å². The molecule has 0 N–H and O–H groups in total. The van der Waals surface area contributed by atoms with Gasteiger partial charge in [-0.2, -0.15) is 0 Å². The number of rotatable bonds is 4. The largest absolute Gasteiger partial charge is 0.306 e. The van der Waals surface area contributed by atoms with E-state index in [-0.39, 0.29) is 0 Å². The molecular weight excluding hydrogens is 222 g/mol. The molecule has 2 aliphatic heterocycles. The molecule has 0 radical (unpaired) electrons. The highest BCUT2D eigenvalue weighted by atomic mass is 15.3. The summed E-state index contributed by atoms with van der Waals surface area (Å²) < 4.78 is 0. The standard InChI is InChI=1S/C15H31N3/c1-4-7-17-10-11-18(14(2)12-17)13-15-5-8-16(3)9-6-15/h14-15H,4-13H2,1-3H3/t14-/m1/s1. The maximum Gasteiger partial charge on any atom is 0.0195 e. The number of piperidine rings is 1. The second-order valence-electron chi connectivity index (χ2n) is 6.39. The molecule has 0 spiro atoms. The van der Waals surface area contributed by atoms with Crippen LogP contribution in [0, 0.1) is 5.92 Å². The van der Waals surface area contributed by atoms with Gasteiger partial charge in [-0.25, -0.2) is 0 Å². The third-order valence-corrected chi connectivity index (χ3v) is 4.72. The van der Waals surface area contributed by atoms with Crippen LogP contribution in [0.25, 0.3) is 0 Å². The Morgan fingerprint density at radius 2 is 1.78 bits per heavy atom. The zero-order valence-electron chi connectivity index (χ0n) is 12.6. The molecule has 0 aromatic carbocycles. The minimum Gasteiger partial charge on any atom is -0.306 e. The van der Waals surface area contributed by atoms with Gasteiger partial charge in [0, 0.05) is 32.2 Å². The highest BCUT2D eigenvalue weighted by Gasteiger charge is 2.26. The van der Waals surface area contributed by atoms with Crippen molar-refractivity contribution in [1.29, 1.82) is 0 Å². The topological polar surface area (TPSA) is 9.72 Å². The summed E-state index contributed by atoms with van der Waals surface area (Å²) in [5, 5.41) is 0. The average molecular weight is 253 g/mol. The van der Waals surface area contributed by atoms with Gasteiger partial charge >= 0.3 is 0 Å². The van der Waals surface area contributed by atoms with Gasteiger partial charge in [-0.15, -0.1) is 0 Å². The van der Waals surface area contributed by atoms with Crippen LogP contribution in [-0.4, -0.2) is 73.6 Å². The van der Waals surface area contributed by atoms with E-state index in [0.717, 1.165) is 12.0 Å². The maximum absolute atomic E-state index is 2.74. The van der Waals surface area contributed by atoms with Crippen LogP contribution in [0.3, 0.4) is 0 Å². The molecule has 2 rings (SSSR count). The molecule has 18 heavy (non-hydrogen) atoms. The molecule has 2 saturated heterocycles. The van der Waals surface area contributed by atoms with E-state index in [1.54, 1.807) is 0 Å². The molecule has 0 aromatic rings.